The first kappa shape index (κ1) is 12.8. The van der Waals surface area contributed by atoms with Crippen molar-refractivity contribution in [2.75, 3.05) is 6.61 Å². The fourth-order valence-electron chi connectivity index (χ4n) is 1.62. The molecule has 0 radical (unpaired) electrons. The zero-order chi connectivity index (χ0) is 11.8. The van der Waals surface area contributed by atoms with Gasteiger partial charge >= 0.3 is 5.97 Å². The third-order valence-corrected chi connectivity index (χ3v) is 2.50. The van der Waals surface area contributed by atoms with Gasteiger partial charge in [0.1, 0.15) is 0 Å². The largest absolute Gasteiger partial charge is 0.465 e. The van der Waals surface area contributed by atoms with Gasteiger partial charge in [0.2, 0.25) is 0 Å². The van der Waals surface area contributed by atoms with Crippen molar-refractivity contribution in [3.8, 4) is 0 Å². The second-order valence-corrected chi connectivity index (χ2v) is 4.24. The Bertz CT molecular complexity index is 306. The third-order valence-electron chi connectivity index (χ3n) is 2.50. The van der Waals surface area contributed by atoms with Gasteiger partial charge in [-0.1, -0.05) is 50.6 Å². The fraction of sp³-hybridized carbons (Fsp3) is 0.500. The molecule has 1 aromatic rings. The van der Waals surface area contributed by atoms with Crippen molar-refractivity contribution in [2.45, 2.75) is 33.1 Å². The summed E-state index contributed by atoms with van der Waals surface area (Å²) in [5.41, 5.74) is 1.01. The van der Waals surface area contributed by atoms with Crippen LogP contribution < -0.4 is 0 Å². The van der Waals surface area contributed by atoms with Crippen LogP contribution in [0.2, 0.25) is 0 Å². The molecular formula is C14H20O2. The van der Waals surface area contributed by atoms with E-state index in [0.717, 1.165) is 18.4 Å². The zero-order valence-corrected chi connectivity index (χ0v) is 10.1. The minimum absolute atomic E-state index is 0.130. The minimum Gasteiger partial charge on any atom is -0.465 e. The quantitative estimate of drug-likeness (QED) is 0.688. The van der Waals surface area contributed by atoms with E-state index in [9.17, 15) is 4.79 Å². The summed E-state index contributed by atoms with van der Waals surface area (Å²) in [4.78, 5) is 11.5. The molecule has 0 N–H and O–H groups in total. The summed E-state index contributed by atoms with van der Waals surface area (Å²) < 4.78 is 5.22. The molecule has 0 aromatic heterocycles. The molecule has 0 fully saturated rings. The Balaban J connectivity index is 2.26. The van der Waals surface area contributed by atoms with Crippen LogP contribution in [0.5, 0.6) is 0 Å². The summed E-state index contributed by atoms with van der Waals surface area (Å²) in [6.07, 6.45) is 2.62. The van der Waals surface area contributed by atoms with Crippen LogP contribution in [-0.2, 0) is 16.0 Å². The van der Waals surface area contributed by atoms with Crippen LogP contribution in [-0.4, -0.2) is 12.6 Å². The van der Waals surface area contributed by atoms with Crippen molar-refractivity contribution in [3.63, 3.8) is 0 Å². The average molecular weight is 220 g/mol. The number of hydrogen-bond donors (Lipinski definition) is 0. The molecule has 1 aromatic carbocycles. The first-order valence-corrected chi connectivity index (χ1v) is 5.92. The standard InChI is InChI=1S/C14H20O2/c1-3-7-12(2)11-16-14(15)10-13-8-5-4-6-9-13/h4-6,8-9,12H,3,7,10-11H2,1-2H3/t12-/m0/s1. The molecule has 0 heterocycles. The summed E-state index contributed by atoms with van der Waals surface area (Å²) in [5.74, 6) is 0.332. The van der Waals surface area contributed by atoms with Crippen molar-refractivity contribution in [2.24, 2.45) is 5.92 Å². The van der Waals surface area contributed by atoms with Gasteiger partial charge in [0, 0.05) is 0 Å². The van der Waals surface area contributed by atoms with E-state index >= 15 is 0 Å². The van der Waals surface area contributed by atoms with Crippen molar-refractivity contribution in [1.29, 1.82) is 0 Å². The smallest absolute Gasteiger partial charge is 0.310 e. The number of esters is 1. The van der Waals surface area contributed by atoms with E-state index in [2.05, 4.69) is 13.8 Å². The van der Waals surface area contributed by atoms with Gasteiger partial charge in [-0.05, 0) is 17.9 Å². The van der Waals surface area contributed by atoms with Crippen LogP contribution in [0.25, 0.3) is 0 Å². The van der Waals surface area contributed by atoms with Gasteiger partial charge in [-0.3, -0.25) is 4.79 Å². The number of benzene rings is 1. The maximum atomic E-state index is 11.5. The first-order chi connectivity index (χ1) is 7.72. The predicted octanol–water partition coefficient (Wildman–Crippen LogP) is 3.21. The van der Waals surface area contributed by atoms with E-state index in [1.54, 1.807) is 0 Å². The zero-order valence-electron chi connectivity index (χ0n) is 10.1. The van der Waals surface area contributed by atoms with Crippen LogP contribution in [0, 0.1) is 5.92 Å². The molecule has 2 heteroatoms. The summed E-state index contributed by atoms with van der Waals surface area (Å²) >= 11 is 0. The molecule has 0 aliphatic carbocycles. The highest BCUT2D eigenvalue weighted by Crippen LogP contribution is 2.06. The Hall–Kier alpha value is -1.31. The second-order valence-electron chi connectivity index (χ2n) is 4.24. The maximum Gasteiger partial charge on any atom is 0.310 e. The fourth-order valence-corrected chi connectivity index (χ4v) is 1.62. The summed E-state index contributed by atoms with van der Waals surface area (Å²) in [5, 5.41) is 0. The third kappa shape index (κ3) is 4.96. The Labute approximate surface area is 97.6 Å². The van der Waals surface area contributed by atoms with Crippen LogP contribution in [0.15, 0.2) is 30.3 Å². The Morgan fingerprint density at radius 1 is 1.31 bits per heavy atom. The molecule has 1 rings (SSSR count). The van der Waals surface area contributed by atoms with Crippen molar-refractivity contribution in [3.05, 3.63) is 35.9 Å². The lowest BCUT2D eigenvalue weighted by molar-refractivity contribution is -0.144. The van der Waals surface area contributed by atoms with Gasteiger partial charge in [-0.15, -0.1) is 0 Å². The number of carbonyl (C=O) groups excluding carboxylic acids is 1. The van der Waals surface area contributed by atoms with Crippen LogP contribution >= 0.6 is 0 Å². The highest BCUT2D eigenvalue weighted by atomic mass is 16.5. The van der Waals surface area contributed by atoms with Crippen LogP contribution in [0.3, 0.4) is 0 Å². The molecule has 16 heavy (non-hydrogen) atoms. The monoisotopic (exact) mass is 220 g/mol. The molecule has 0 saturated carbocycles. The molecule has 2 nitrogen and oxygen atoms in total. The van der Waals surface area contributed by atoms with Gasteiger partial charge in [-0.2, -0.15) is 0 Å². The van der Waals surface area contributed by atoms with Gasteiger partial charge in [-0.25, -0.2) is 0 Å². The van der Waals surface area contributed by atoms with Crippen LogP contribution in [0.4, 0.5) is 0 Å². The number of carbonyl (C=O) groups is 1. The van der Waals surface area contributed by atoms with E-state index in [1.807, 2.05) is 30.3 Å². The lowest BCUT2D eigenvalue weighted by Crippen LogP contribution is -2.13. The summed E-state index contributed by atoms with van der Waals surface area (Å²) in [6.45, 7) is 4.79. The normalized spacial score (nSPS) is 12.1. The molecule has 88 valence electrons. The topological polar surface area (TPSA) is 26.3 Å². The lowest BCUT2D eigenvalue weighted by Gasteiger charge is -2.10. The Kier molecular flexibility index (Phi) is 5.62. The molecule has 0 aliphatic rings. The minimum atomic E-state index is -0.130. The highest BCUT2D eigenvalue weighted by molar-refractivity contribution is 5.72. The van der Waals surface area contributed by atoms with Crippen molar-refractivity contribution < 1.29 is 9.53 Å². The van der Waals surface area contributed by atoms with Crippen molar-refractivity contribution >= 4 is 5.97 Å². The second kappa shape index (κ2) is 7.04. The maximum absolute atomic E-state index is 11.5. The molecule has 0 unspecified atom stereocenters. The molecular weight excluding hydrogens is 200 g/mol. The van der Waals surface area contributed by atoms with Gasteiger partial charge in [0.15, 0.2) is 0 Å². The van der Waals surface area contributed by atoms with E-state index < -0.39 is 0 Å². The van der Waals surface area contributed by atoms with Gasteiger partial charge in [0.25, 0.3) is 0 Å². The molecule has 0 saturated heterocycles. The Morgan fingerprint density at radius 3 is 2.62 bits per heavy atom. The van der Waals surface area contributed by atoms with E-state index in [4.69, 9.17) is 4.74 Å². The molecule has 0 amide bonds. The summed E-state index contributed by atoms with van der Waals surface area (Å²) in [7, 11) is 0. The lowest BCUT2D eigenvalue weighted by atomic mass is 10.1. The number of ether oxygens (including phenoxy) is 1. The average Bonchev–Trinajstić information content (AvgIpc) is 2.28. The van der Waals surface area contributed by atoms with E-state index in [1.165, 1.54) is 0 Å². The van der Waals surface area contributed by atoms with E-state index in [-0.39, 0.29) is 5.97 Å². The SMILES string of the molecule is CCC[C@H](C)COC(=O)Cc1ccccc1. The van der Waals surface area contributed by atoms with Gasteiger partial charge < -0.3 is 4.74 Å². The molecule has 1 atom stereocenters. The number of rotatable bonds is 6. The first-order valence-electron chi connectivity index (χ1n) is 5.92. The molecule has 0 bridgehead atoms. The molecule has 0 aliphatic heterocycles. The van der Waals surface area contributed by atoms with Crippen LogP contribution in [0.1, 0.15) is 32.3 Å². The molecule has 0 spiro atoms. The van der Waals surface area contributed by atoms with E-state index in [0.29, 0.717) is 18.9 Å². The predicted molar refractivity (Wildman–Crippen MR) is 65.2 cm³/mol. The number of hydrogen-bond acceptors (Lipinski definition) is 2. The van der Waals surface area contributed by atoms with Crippen molar-refractivity contribution in [1.82, 2.24) is 0 Å². The highest BCUT2D eigenvalue weighted by Gasteiger charge is 2.07. The van der Waals surface area contributed by atoms with Gasteiger partial charge in [0.05, 0.1) is 13.0 Å². The summed E-state index contributed by atoms with van der Waals surface area (Å²) in [6, 6.07) is 9.69. The Morgan fingerprint density at radius 2 is 2.00 bits per heavy atom.